The molecule has 0 radical (unpaired) electrons. The van der Waals surface area contributed by atoms with E-state index in [2.05, 4.69) is 20.4 Å². The maximum atomic E-state index is 12.4. The molecule has 3 heterocycles. The Morgan fingerprint density at radius 2 is 1.96 bits per heavy atom. The Labute approximate surface area is 162 Å². The fourth-order valence-corrected chi connectivity index (χ4v) is 3.61. The summed E-state index contributed by atoms with van der Waals surface area (Å²) in [5.41, 5.74) is 2.22. The van der Waals surface area contributed by atoms with E-state index >= 15 is 0 Å². The Hall–Kier alpha value is -3.29. The predicted molar refractivity (Wildman–Crippen MR) is 104 cm³/mol. The lowest BCUT2D eigenvalue weighted by atomic mass is 9.91. The van der Waals surface area contributed by atoms with Crippen molar-refractivity contribution >= 4 is 5.91 Å². The maximum absolute atomic E-state index is 12.4. The third kappa shape index (κ3) is 3.85. The van der Waals surface area contributed by atoms with E-state index in [9.17, 15) is 9.59 Å². The van der Waals surface area contributed by atoms with Crippen LogP contribution in [0.15, 0.2) is 54.1 Å². The van der Waals surface area contributed by atoms with Gasteiger partial charge in [-0.05, 0) is 37.8 Å². The van der Waals surface area contributed by atoms with Crippen molar-refractivity contribution < 1.29 is 4.79 Å². The van der Waals surface area contributed by atoms with Crippen molar-refractivity contribution in [1.29, 1.82) is 0 Å². The number of pyridine rings is 1. The van der Waals surface area contributed by atoms with Gasteiger partial charge in [-0.1, -0.05) is 0 Å². The molecule has 0 aliphatic heterocycles. The Bertz CT molecular complexity index is 1020. The van der Waals surface area contributed by atoms with Crippen LogP contribution in [-0.2, 0) is 7.05 Å². The smallest absolute Gasteiger partial charge is 0.252 e. The lowest BCUT2D eigenvalue weighted by Gasteiger charge is -2.29. The molecule has 1 saturated carbocycles. The van der Waals surface area contributed by atoms with E-state index in [1.165, 1.54) is 17.0 Å². The minimum atomic E-state index is -0.135. The SMILES string of the molecule is Cn1cc(C(=O)NC2CCC(n3cc(-c4ccncn4)cn3)CC2)ccc1=O. The van der Waals surface area contributed by atoms with Crippen molar-refractivity contribution in [2.75, 3.05) is 0 Å². The molecule has 1 fully saturated rings. The van der Waals surface area contributed by atoms with Crippen LogP contribution in [-0.4, -0.2) is 36.3 Å². The molecule has 28 heavy (non-hydrogen) atoms. The van der Waals surface area contributed by atoms with E-state index in [1.54, 1.807) is 25.5 Å². The molecular weight excluding hydrogens is 356 g/mol. The van der Waals surface area contributed by atoms with E-state index in [-0.39, 0.29) is 17.5 Å². The summed E-state index contributed by atoms with van der Waals surface area (Å²) in [7, 11) is 1.64. The molecule has 1 N–H and O–H groups in total. The van der Waals surface area contributed by atoms with Gasteiger partial charge in [-0.25, -0.2) is 9.97 Å². The number of hydrogen-bond donors (Lipinski definition) is 1. The van der Waals surface area contributed by atoms with Gasteiger partial charge in [-0.2, -0.15) is 5.10 Å². The summed E-state index contributed by atoms with van der Waals surface area (Å²) in [4.78, 5) is 32.1. The second kappa shape index (κ2) is 7.75. The Kier molecular flexibility index (Phi) is 5.01. The van der Waals surface area contributed by atoms with Gasteiger partial charge in [0.25, 0.3) is 5.91 Å². The molecule has 3 aromatic rings. The van der Waals surface area contributed by atoms with E-state index in [0.717, 1.165) is 36.9 Å². The average molecular weight is 378 g/mol. The molecule has 4 rings (SSSR count). The van der Waals surface area contributed by atoms with Crippen LogP contribution in [0, 0.1) is 0 Å². The Morgan fingerprint density at radius 3 is 2.68 bits per heavy atom. The highest BCUT2D eigenvalue weighted by Gasteiger charge is 2.24. The second-order valence-corrected chi connectivity index (χ2v) is 7.15. The van der Waals surface area contributed by atoms with Gasteiger partial charge >= 0.3 is 0 Å². The van der Waals surface area contributed by atoms with Gasteiger partial charge in [0.15, 0.2) is 0 Å². The molecule has 1 aliphatic carbocycles. The summed E-state index contributed by atoms with van der Waals surface area (Å²) in [6, 6.07) is 5.31. The molecule has 0 unspecified atom stereocenters. The largest absolute Gasteiger partial charge is 0.349 e. The topological polar surface area (TPSA) is 94.7 Å². The fourth-order valence-electron chi connectivity index (χ4n) is 3.61. The van der Waals surface area contributed by atoms with Crippen LogP contribution in [0.3, 0.4) is 0 Å². The van der Waals surface area contributed by atoms with Crippen LogP contribution in [0.25, 0.3) is 11.3 Å². The third-order valence-corrected chi connectivity index (χ3v) is 5.23. The van der Waals surface area contributed by atoms with Crippen LogP contribution in [0.2, 0.25) is 0 Å². The lowest BCUT2D eigenvalue weighted by Crippen LogP contribution is -2.38. The number of rotatable bonds is 4. The first-order chi connectivity index (χ1) is 13.6. The number of nitrogens with zero attached hydrogens (tertiary/aromatic N) is 5. The molecule has 0 aromatic carbocycles. The summed E-state index contributed by atoms with van der Waals surface area (Å²) >= 11 is 0. The van der Waals surface area contributed by atoms with E-state index in [4.69, 9.17) is 0 Å². The highest BCUT2D eigenvalue weighted by Crippen LogP contribution is 2.29. The predicted octanol–water partition coefficient (Wildman–Crippen LogP) is 1.95. The van der Waals surface area contributed by atoms with Gasteiger partial charge in [0.05, 0.1) is 23.5 Å². The number of hydrogen-bond acceptors (Lipinski definition) is 5. The van der Waals surface area contributed by atoms with E-state index in [1.807, 2.05) is 23.1 Å². The average Bonchev–Trinajstić information content (AvgIpc) is 3.21. The second-order valence-electron chi connectivity index (χ2n) is 7.15. The minimum Gasteiger partial charge on any atom is -0.349 e. The number of aromatic nitrogens is 5. The van der Waals surface area contributed by atoms with Crippen molar-refractivity contribution in [1.82, 2.24) is 29.6 Å². The summed E-state index contributed by atoms with van der Waals surface area (Å²) in [5.74, 6) is -0.135. The summed E-state index contributed by atoms with van der Waals surface area (Å²) in [6.45, 7) is 0. The number of carbonyl (C=O) groups excluding carboxylic acids is 1. The van der Waals surface area contributed by atoms with Gasteiger partial charge in [-0.3, -0.25) is 14.3 Å². The van der Waals surface area contributed by atoms with Gasteiger partial charge in [0.1, 0.15) is 6.33 Å². The highest BCUT2D eigenvalue weighted by atomic mass is 16.2. The molecule has 144 valence electrons. The molecule has 1 amide bonds. The quantitative estimate of drug-likeness (QED) is 0.749. The first-order valence-corrected chi connectivity index (χ1v) is 9.38. The third-order valence-electron chi connectivity index (χ3n) is 5.23. The molecule has 0 bridgehead atoms. The molecule has 0 spiro atoms. The Morgan fingerprint density at radius 1 is 1.14 bits per heavy atom. The van der Waals surface area contributed by atoms with Crippen LogP contribution < -0.4 is 10.9 Å². The molecule has 1 aliphatic rings. The van der Waals surface area contributed by atoms with Crippen molar-refractivity contribution in [3.63, 3.8) is 0 Å². The minimum absolute atomic E-state index is 0.127. The van der Waals surface area contributed by atoms with Crippen molar-refractivity contribution in [3.05, 3.63) is 65.2 Å². The van der Waals surface area contributed by atoms with Crippen molar-refractivity contribution in [3.8, 4) is 11.3 Å². The van der Waals surface area contributed by atoms with Gasteiger partial charge < -0.3 is 9.88 Å². The normalized spacial score (nSPS) is 19.3. The van der Waals surface area contributed by atoms with Crippen molar-refractivity contribution in [2.45, 2.75) is 37.8 Å². The van der Waals surface area contributed by atoms with Crippen LogP contribution in [0.4, 0.5) is 0 Å². The van der Waals surface area contributed by atoms with Gasteiger partial charge in [0, 0.05) is 43.3 Å². The molecule has 3 aromatic heterocycles. The molecular formula is C20H22N6O2. The zero-order valence-corrected chi connectivity index (χ0v) is 15.7. The summed E-state index contributed by atoms with van der Waals surface area (Å²) < 4.78 is 3.42. The number of carbonyl (C=O) groups is 1. The van der Waals surface area contributed by atoms with Crippen LogP contribution >= 0.6 is 0 Å². The fraction of sp³-hybridized carbons (Fsp3) is 0.350. The van der Waals surface area contributed by atoms with Crippen LogP contribution in [0.5, 0.6) is 0 Å². The van der Waals surface area contributed by atoms with Gasteiger partial charge in [0.2, 0.25) is 5.56 Å². The van der Waals surface area contributed by atoms with E-state index < -0.39 is 0 Å². The molecule has 8 heteroatoms. The van der Waals surface area contributed by atoms with Crippen molar-refractivity contribution in [2.24, 2.45) is 7.05 Å². The summed E-state index contributed by atoms with van der Waals surface area (Å²) in [5, 5.41) is 7.59. The zero-order chi connectivity index (χ0) is 19.5. The molecule has 0 atom stereocenters. The van der Waals surface area contributed by atoms with Crippen LogP contribution in [0.1, 0.15) is 42.1 Å². The van der Waals surface area contributed by atoms with Gasteiger partial charge in [-0.15, -0.1) is 0 Å². The first kappa shape index (κ1) is 18.1. The standard InChI is InChI=1S/C20H22N6O2/c1-25-11-14(2-7-19(25)27)20(28)24-16-3-5-17(6-4-16)26-12-15(10-23-26)18-8-9-21-13-22-18/h2,7-13,16-17H,3-6H2,1H3,(H,24,28). The Balaban J connectivity index is 1.34. The monoisotopic (exact) mass is 378 g/mol. The molecule has 0 saturated heterocycles. The number of nitrogens with one attached hydrogen (secondary N) is 1. The molecule has 8 nitrogen and oxygen atoms in total. The first-order valence-electron chi connectivity index (χ1n) is 9.38. The lowest BCUT2D eigenvalue weighted by molar-refractivity contribution is 0.0921. The van der Waals surface area contributed by atoms with E-state index in [0.29, 0.717) is 11.6 Å². The maximum Gasteiger partial charge on any atom is 0.252 e. The number of aryl methyl sites for hydroxylation is 1. The number of amides is 1. The highest BCUT2D eigenvalue weighted by molar-refractivity contribution is 5.94. The zero-order valence-electron chi connectivity index (χ0n) is 15.7. The summed E-state index contributed by atoms with van der Waals surface area (Å²) in [6.07, 6.45) is 12.4.